The van der Waals surface area contributed by atoms with E-state index in [1.54, 1.807) is 40.9 Å². The number of aromatic nitrogens is 5. The van der Waals surface area contributed by atoms with E-state index in [1.807, 2.05) is 4.68 Å². The van der Waals surface area contributed by atoms with E-state index in [0.29, 0.717) is 46.9 Å². The molecule has 4 aromatic heterocycles. The van der Waals surface area contributed by atoms with Gasteiger partial charge in [-0.05, 0) is 37.1 Å². The third-order valence-corrected chi connectivity index (χ3v) is 6.70. The Balaban J connectivity index is 1.50. The average molecular weight is 475 g/mol. The molecule has 34 heavy (non-hydrogen) atoms. The zero-order valence-electron chi connectivity index (χ0n) is 18.2. The van der Waals surface area contributed by atoms with Gasteiger partial charge in [-0.2, -0.15) is 5.10 Å². The molecule has 0 saturated carbocycles. The normalized spacial score (nSPS) is 15.9. The van der Waals surface area contributed by atoms with Crippen molar-refractivity contribution in [1.82, 2.24) is 29.6 Å². The van der Waals surface area contributed by atoms with Gasteiger partial charge in [-0.15, -0.1) is 11.3 Å². The van der Waals surface area contributed by atoms with Crippen LogP contribution in [0.2, 0.25) is 0 Å². The van der Waals surface area contributed by atoms with Gasteiger partial charge in [-0.3, -0.25) is 14.6 Å². The molecule has 1 aliphatic heterocycles. The van der Waals surface area contributed by atoms with Crippen molar-refractivity contribution < 1.29 is 9.59 Å². The maximum atomic E-state index is 12.7. The number of fused-ring (bicyclic) bond motifs is 1. The quantitative estimate of drug-likeness (QED) is 0.425. The van der Waals surface area contributed by atoms with Crippen molar-refractivity contribution in [3.05, 3.63) is 60.5 Å². The molecule has 2 amide bonds. The van der Waals surface area contributed by atoms with Crippen LogP contribution < -0.4 is 11.1 Å². The number of thiophene rings is 1. The van der Waals surface area contributed by atoms with Gasteiger partial charge in [0.15, 0.2) is 5.65 Å². The predicted molar refractivity (Wildman–Crippen MR) is 130 cm³/mol. The summed E-state index contributed by atoms with van der Waals surface area (Å²) in [5.74, 6) is -0.0248. The Morgan fingerprint density at radius 3 is 3.00 bits per heavy atom. The lowest BCUT2D eigenvalue weighted by atomic mass is 10.1. The lowest BCUT2D eigenvalue weighted by Crippen LogP contribution is -2.40. The van der Waals surface area contributed by atoms with Crippen molar-refractivity contribution in [3.8, 4) is 10.6 Å². The van der Waals surface area contributed by atoms with Gasteiger partial charge in [-0.1, -0.05) is 6.58 Å². The molecule has 172 valence electrons. The second kappa shape index (κ2) is 9.02. The van der Waals surface area contributed by atoms with E-state index in [2.05, 4.69) is 26.8 Å². The van der Waals surface area contributed by atoms with Crippen molar-refractivity contribution >= 4 is 45.7 Å². The summed E-state index contributed by atoms with van der Waals surface area (Å²) in [6, 6.07) is 5.25. The fourth-order valence-electron chi connectivity index (χ4n) is 4.13. The summed E-state index contributed by atoms with van der Waals surface area (Å²) in [4.78, 5) is 40.1. The van der Waals surface area contributed by atoms with Gasteiger partial charge < -0.3 is 16.0 Å². The zero-order valence-corrected chi connectivity index (χ0v) is 19.0. The number of carbonyl (C=O) groups is 2. The number of nitrogens with one attached hydrogen (secondary N) is 1. The average Bonchev–Trinajstić information content (AvgIpc) is 3.50. The number of anilines is 2. The Labute approximate surface area is 199 Å². The van der Waals surface area contributed by atoms with Crippen LogP contribution in [0.25, 0.3) is 21.6 Å². The Morgan fingerprint density at radius 2 is 2.21 bits per heavy atom. The first kappa shape index (κ1) is 21.7. The molecule has 1 saturated heterocycles. The number of nitrogens with two attached hydrogens (primary N) is 1. The lowest BCUT2D eigenvalue weighted by molar-refractivity contribution is -0.127. The van der Waals surface area contributed by atoms with E-state index in [1.165, 1.54) is 23.7 Å². The van der Waals surface area contributed by atoms with E-state index in [0.717, 1.165) is 17.7 Å². The second-order valence-electron chi connectivity index (χ2n) is 7.93. The minimum Gasteiger partial charge on any atom is -0.383 e. The van der Waals surface area contributed by atoms with Crippen LogP contribution in [-0.2, 0) is 4.79 Å². The number of hydrogen-bond acceptors (Lipinski definition) is 8. The highest BCUT2D eigenvalue weighted by Crippen LogP contribution is 2.36. The Hall–Kier alpha value is -4.12. The van der Waals surface area contributed by atoms with Crippen LogP contribution >= 0.6 is 11.3 Å². The molecule has 0 aliphatic carbocycles. The summed E-state index contributed by atoms with van der Waals surface area (Å²) in [6.45, 7) is 4.79. The predicted octanol–water partition coefficient (Wildman–Crippen LogP) is 3.13. The number of nitrogens with zero attached hydrogens (tertiary/aromatic N) is 6. The summed E-state index contributed by atoms with van der Waals surface area (Å²) < 4.78 is 1.83. The summed E-state index contributed by atoms with van der Waals surface area (Å²) >= 11 is 1.39. The van der Waals surface area contributed by atoms with Crippen LogP contribution in [0.1, 0.15) is 29.2 Å². The number of amides is 2. The number of nitrogen functional groups attached to an aromatic ring is 1. The highest BCUT2D eigenvalue weighted by Gasteiger charge is 2.28. The van der Waals surface area contributed by atoms with E-state index >= 15 is 0 Å². The van der Waals surface area contributed by atoms with Crippen molar-refractivity contribution in [2.45, 2.75) is 18.9 Å². The number of carbonyl (C=O) groups excluding carboxylic acids is 2. The molecule has 0 aromatic carbocycles. The highest BCUT2D eigenvalue weighted by molar-refractivity contribution is 7.14. The van der Waals surface area contributed by atoms with Gasteiger partial charge in [0.05, 0.1) is 33.8 Å². The van der Waals surface area contributed by atoms with Gasteiger partial charge in [0.25, 0.3) is 5.91 Å². The third-order valence-electron chi connectivity index (χ3n) is 5.76. The molecule has 5 heterocycles. The first-order valence-electron chi connectivity index (χ1n) is 10.8. The van der Waals surface area contributed by atoms with E-state index < -0.39 is 0 Å². The first-order valence-corrected chi connectivity index (χ1v) is 11.6. The summed E-state index contributed by atoms with van der Waals surface area (Å²) in [6.07, 6.45) is 7.67. The van der Waals surface area contributed by atoms with E-state index in [9.17, 15) is 9.59 Å². The highest BCUT2D eigenvalue weighted by atomic mass is 32.1. The monoisotopic (exact) mass is 474 g/mol. The van der Waals surface area contributed by atoms with E-state index in [-0.39, 0.29) is 17.9 Å². The van der Waals surface area contributed by atoms with Crippen LogP contribution in [0.4, 0.5) is 11.5 Å². The molecule has 0 radical (unpaired) electrons. The van der Waals surface area contributed by atoms with Gasteiger partial charge in [-0.25, -0.2) is 14.6 Å². The SMILES string of the molecule is C=CC(=O)N1CCCC(n2nc(-c3cc(C(=O)Nc4cccnc4)cs3)c3c(N)ncnc32)C1. The molecule has 1 fully saturated rings. The minimum absolute atomic E-state index is 0.0588. The number of hydrogen-bond donors (Lipinski definition) is 2. The Bertz CT molecular complexity index is 1380. The van der Waals surface area contributed by atoms with Crippen molar-refractivity contribution in [3.63, 3.8) is 0 Å². The summed E-state index contributed by atoms with van der Waals surface area (Å²) in [7, 11) is 0. The van der Waals surface area contributed by atoms with Crippen LogP contribution in [0, 0.1) is 0 Å². The van der Waals surface area contributed by atoms with Crippen LogP contribution in [0.3, 0.4) is 0 Å². The van der Waals surface area contributed by atoms with Crippen molar-refractivity contribution in [2.24, 2.45) is 0 Å². The van der Waals surface area contributed by atoms with Gasteiger partial charge >= 0.3 is 0 Å². The van der Waals surface area contributed by atoms with Gasteiger partial charge in [0, 0.05) is 24.7 Å². The molecular formula is C23H22N8O2S. The minimum atomic E-state index is -0.241. The van der Waals surface area contributed by atoms with Crippen LogP contribution in [0.15, 0.2) is 55.0 Å². The number of rotatable bonds is 5. The summed E-state index contributed by atoms with van der Waals surface area (Å²) in [5.41, 5.74) is 8.58. The first-order chi connectivity index (χ1) is 16.5. The second-order valence-corrected chi connectivity index (χ2v) is 8.84. The topological polar surface area (TPSA) is 132 Å². The molecule has 11 heteroatoms. The fraction of sp³-hybridized carbons (Fsp3) is 0.217. The molecule has 0 bridgehead atoms. The molecule has 1 atom stereocenters. The fourth-order valence-corrected chi connectivity index (χ4v) is 5.00. The number of piperidine rings is 1. The lowest BCUT2D eigenvalue weighted by Gasteiger charge is -2.32. The smallest absolute Gasteiger partial charge is 0.256 e. The molecular weight excluding hydrogens is 452 g/mol. The molecule has 1 unspecified atom stereocenters. The maximum Gasteiger partial charge on any atom is 0.256 e. The number of pyridine rings is 1. The van der Waals surface area contributed by atoms with Crippen LogP contribution in [-0.4, -0.2) is 54.5 Å². The zero-order chi connectivity index (χ0) is 23.7. The molecule has 1 aliphatic rings. The molecule has 5 rings (SSSR count). The largest absolute Gasteiger partial charge is 0.383 e. The number of likely N-dealkylation sites (tertiary alicyclic amines) is 1. The standard InChI is InChI=1S/C23H22N8O2S/c1-2-18(32)30-8-4-6-16(11-30)31-22-19(21(24)26-13-27-22)20(29-31)17-9-14(12-34-17)23(33)28-15-5-3-7-25-10-15/h2-3,5,7,9-10,12-13,16H,1,4,6,8,11H2,(H,28,33)(H2,24,26,27). The van der Waals surface area contributed by atoms with Crippen molar-refractivity contribution in [1.29, 1.82) is 0 Å². The Morgan fingerprint density at radius 1 is 1.32 bits per heavy atom. The van der Waals surface area contributed by atoms with Gasteiger partial charge in [0.1, 0.15) is 17.8 Å². The molecule has 3 N–H and O–H groups in total. The molecule has 10 nitrogen and oxygen atoms in total. The molecule has 4 aromatic rings. The van der Waals surface area contributed by atoms with Gasteiger partial charge in [0.2, 0.25) is 5.91 Å². The maximum absolute atomic E-state index is 12.7. The Kier molecular flexibility index (Phi) is 5.76. The third kappa shape index (κ3) is 4.01. The van der Waals surface area contributed by atoms with Crippen molar-refractivity contribution in [2.75, 3.05) is 24.1 Å². The van der Waals surface area contributed by atoms with E-state index in [4.69, 9.17) is 10.8 Å². The van der Waals surface area contributed by atoms with Crippen LogP contribution in [0.5, 0.6) is 0 Å². The molecule has 0 spiro atoms. The summed E-state index contributed by atoms with van der Waals surface area (Å²) in [5, 5.41) is 10.1.